The molecule has 0 aliphatic carbocycles. The summed E-state index contributed by atoms with van der Waals surface area (Å²) in [6.07, 6.45) is 1.64. The van der Waals surface area contributed by atoms with Crippen LogP contribution in [0.15, 0.2) is 12.1 Å². The van der Waals surface area contributed by atoms with Gasteiger partial charge in [-0.15, -0.1) is 0 Å². The maximum Gasteiger partial charge on any atom is 0.208 e. The second-order valence-electron chi connectivity index (χ2n) is 3.80. The van der Waals surface area contributed by atoms with E-state index in [1.807, 2.05) is 0 Å². The molecule has 18 heavy (non-hydrogen) atoms. The summed E-state index contributed by atoms with van der Waals surface area (Å²) in [6.45, 7) is 0.773. The van der Waals surface area contributed by atoms with Crippen LogP contribution in [0.3, 0.4) is 0 Å². The Labute approximate surface area is 111 Å². The van der Waals surface area contributed by atoms with Gasteiger partial charge in [-0.2, -0.15) is 0 Å². The van der Waals surface area contributed by atoms with Crippen molar-refractivity contribution in [1.29, 1.82) is 0 Å². The lowest BCUT2D eigenvalue weighted by Gasteiger charge is -2.10. The molecule has 0 radical (unpaired) electrons. The summed E-state index contributed by atoms with van der Waals surface area (Å²) < 4.78 is 37.1. The molecular formula is C10H15ClFN3O2S. The van der Waals surface area contributed by atoms with E-state index in [0.29, 0.717) is 30.9 Å². The molecule has 0 atom stereocenters. The summed E-state index contributed by atoms with van der Waals surface area (Å²) in [7, 11) is -3.17. The quantitative estimate of drug-likeness (QED) is 0.547. The SMILES string of the molecule is CS(=O)(=O)NCCCNc1cc(F)c(Cl)cc1N. The normalized spacial score (nSPS) is 11.5. The van der Waals surface area contributed by atoms with Crippen molar-refractivity contribution in [2.75, 3.05) is 30.4 Å². The van der Waals surface area contributed by atoms with Gasteiger partial charge in [-0.05, 0) is 12.5 Å². The van der Waals surface area contributed by atoms with Crippen molar-refractivity contribution in [3.8, 4) is 0 Å². The molecule has 8 heteroatoms. The number of anilines is 2. The van der Waals surface area contributed by atoms with E-state index in [2.05, 4.69) is 10.0 Å². The van der Waals surface area contributed by atoms with Crippen LogP contribution in [0.2, 0.25) is 5.02 Å². The zero-order valence-electron chi connectivity index (χ0n) is 9.83. The van der Waals surface area contributed by atoms with Gasteiger partial charge in [-0.25, -0.2) is 17.5 Å². The van der Waals surface area contributed by atoms with E-state index in [9.17, 15) is 12.8 Å². The zero-order valence-corrected chi connectivity index (χ0v) is 11.4. The predicted molar refractivity (Wildman–Crippen MR) is 71.8 cm³/mol. The monoisotopic (exact) mass is 295 g/mol. The number of sulfonamides is 1. The Hall–Kier alpha value is -1.05. The Bertz CT molecular complexity index is 522. The van der Waals surface area contributed by atoms with Gasteiger partial charge in [0.2, 0.25) is 10.0 Å². The maximum atomic E-state index is 13.2. The first-order valence-electron chi connectivity index (χ1n) is 5.22. The molecule has 0 bridgehead atoms. The molecule has 1 aromatic carbocycles. The molecule has 0 saturated heterocycles. The summed E-state index contributed by atoms with van der Waals surface area (Å²) in [4.78, 5) is 0. The van der Waals surface area contributed by atoms with E-state index in [0.717, 1.165) is 6.26 Å². The highest BCUT2D eigenvalue weighted by Gasteiger charge is 2.05. The summed E-state index contributed by atoms with van der Waals surface area (Å²) in [5.74, 6) is -0.553. The summed E-state index contributed by atoms with van der Waals surface area (Å²) in [5.41, 5.74) is 6.44. The number of rotatable bonds is 6. The molecule has 0 unspecified atom stereocenters. The van der Waals surface area contributed by atoms with Crippen molar-refractivity contribution in [1.82, 2.24) is 4.72 Å². The standard InChI is InChI=1S/C10H15ClFN3O2S/c1-18(16,17)15-4-2-3-14-10-6-8(12)7(11)5-9(10)13/h5-6,14-15H,2-4,13H2,1H3. The molecule has 0 fully saturated rings. The number of hydrogen-bond acceptors (Lipinski definition) is 4. The summed E-state index contributed by atoms with van der Waals surface area (Å²) >= 11 is 5.56. The second kappa shape index (κ2) is 6.21. The Balaban J connectivity index is 2.43. The van der Waals surface area contributed by atoms with E-state index >= 15 is 0 Å². The third-order valence-corrected chi connectivity index (χ3v) is 3.14. The van der Waals surface area contributed by atoms with Crippen LogP contribution in [0.1, 0.15) is 6.42 Å². The lowest BCUT2D eigenvalue weighted by Crippen LogP contribution is -2.24. The Kier molecular flexibility index (Phi) is 5.18. The fourth-order valence-corrected chi connectivity index (χ4v) is 1.97. The molecule has 0 saturated carbocycles. The highest BCUT2D eigenvalue weighted by molar-refractivity contribution is 7.88. The number of nitrogen functional groups attached to an aromatic ring is 1. The van der Waals surface area contributed by atoms with Gasteiger partial charge in [0, 0.05) is 19.2 Å². The summed E-state index contributed by atoms with van der Waals surface area (Å²) in [5, 5.41) is 2.88. The molecule has 0 aliphatic heterocycles. The van der Waals surface area contributed by atoms with E-state index in [1.165, 1.54) is 12.1 Å². The fourth-order valence-electron chi connectivity index (χ4n) is 1.28. The Morgan fingerprint density at radius 3 is 2.67 bits per heavy atom. The average Bonchev–Trinajstić information content (AvgIpc) is 2.23. The zero-order chi connectivity index (χ0) is 13.8. The number of benzene rings is 1. The van der Waals surface area contributed by atoms with Crippen LogP contribution in [0.4, 0.5) is 15.8 Å². The van der Waals surface area contributed by atoms with Gasteiger partial charge < -0.3 is 11.1 Å². The van der Waals surface area contributed by atoms with Gasteiger partial charge in [-0.3, -0.25) is 0 Å². The van der Waals surface area contributed by atoms with Crippen LogP contribution in [0.25, 0.3) is 0 Å². The average molecular weight is 296 g/mol. The largest absolute Gasteiger partial charge is 0.397 e. The van der Waals surface area contributed by atoms with Crippen molar-refractivity contribution in [3.05, 3.63) is 23.0 Å². The van der Waals surface area contributed by atoms with Gasteiger partial charge in [0.05, 0.1) is 22.7 Å². The molecule has 102 valence electrons. The lowest BCUT2D eigenvalue weighted by atomic mass is 10.2. The molecule has 1 aromatic rings. The minimum Gasteiger partial charge on any atom is -0.397 e. The van der Waals surface area contributed by atoms with Gasteiger partial charge >= 0.3 is 0 Å². The molecule has 1 rings (SSSR count). The van der Waals surface area contributed by atoms with Crippen LogP contribution in [0.5, 0.6) is 0 Å². The van der Waals surface area contributed by atoms with Crippen LogP contribution >= 0.6 is 11.6 Å². The van der Waals surface area contributed by atoms with Crippen molar-refractivity contribution >= 4 is 33.0 Å². The first kappa shape index (κ1) is 15.0. The number of halogens is 2. The number of nitrogens with one attached hydrogen (secondary N) is 2. The number of nitrogens with two attached hydrogens (primary N) is 1. The first-order valence-corrected chi connectivity index (χ1v) is 7.49. The highest BCUT2D eigenvalue weighted by Crippen LogP contribution is 2.25. The van der Waals surface area contributed by atoms with Crippen LogP contribution in [0, 0.1) is 5.82 Å². The van der Waals surface area contributed by atoms with Gasteiger partial charge in [-0.1, -0.05) is 11.6 Å². The Morgan fingerprint density at radius 1 is 1.39 bits per heavy atom. The maximum absolute atomic E-state index is 13.2. The molecule has 0 aromatic heterocycles. The molecule has 0 heterocycles. The molecule has 0 amide bonds. The van der Waals surface area contributed by atoms with E-state index in [-0.39, 0.29) is 5.02 Å². The molecule has 5 nitrogen and oxygen atoms in total. The van der Waals surface area contributed by atoms with Gasteiger partial charge in [0.15, 0.2) is 0 Å². The minimum absolute atomic E-state index is 0.0307. The van der Waals surface area contributed by atoms with Crippen molar-refractivity contribution in [2.45, 2.75) is 6.42 Å². The number of hydrogen-bond donors (Lipinski definition) is 3. The minimum atomic E-state index is -3.17. The second-order valence-corrected chi connectivity index (χ2v) is 6.04. The fraction of sp³-hybridized carbons (Fsp3) is 0.400. The lowest BCUT2D eigenvalue weighted by molar-refractivity contribution is 0.586. The van der Waals surface area contributed by atoms with Crippen LogP contribution in [-0.4, -0.2) is 27.8 Å². The van der Waals surface area contributed by atoms with E-state index in [4.69, 9.17) is 17.3 Å². The van der Waals surface area contributed by atoms with Crippen LogP contribution in [-0.2, 0) is 10.0 Å². The van der Waals surface area contributed by atoms with E-state index < -0.39 is 15.8 Å². The van der Waals surface area contributed by atoms with Crippen molar-refractivity contribution in [2.24, 2.45) is 0 Å². The topological polar surface area (TPSA) is 84.2 Å². The predicted octanol–water partition coefficient (Wildman–Crippen LogP) is 1.41. The first-order chi connectivity index (χ1) is 8.29. The summed E-state index contributed by atoms with van der Waals surface area (Å²) in [6, 6.07) is 2.54. The molecule has 0 spiro atoms. The van der Waals surface area contributed by atoms with Gasteiger partial charge in [0.1, 0.15) is 5.82 Å². The Morgan fingerprint density at radius 2 is 2.06 bits per heavy atom. The van der Waals surface area contributed by atoms with Crippen molar-refractivity contribution in [3.63, 3.8) is 0 Å². The molecular weight excluding hydrogens is 281 g/mol. The third kappa shape index (κ3) is 5.07. The van der Waals surface area contributed by atoms with Crippen LogP contribution < -0.4 is 15.8 Å². The smallest absolute Gasteiger partial charge is 0.208 e. The third-order valence-electron chi connectivity index (χ3n) is 2.13. The van der Waals surface area contributed by atoms with Crippen molar-refractivity contribution < 1.29 is 12.8 Å². The van der Waals surface area contributed by atoms with Gasteiger partial charge in [0.25, 0.3) is 0 Å². The molecule has 4 N–H and O–H groups in total. The molecule has 0 aliphatic rings. The van der Waals surface area contributed by atoms with E-state index in [1.54, 1.807) is 0 Å². The highest BCUT2D eigenvalue weighted by atomic mass is 35.5.